The van der Waals surface area contributed by atoms with E-state index < -0.39 is 0 Å². The third kappa shape index (κ3) is 2.77. The number of hydrogen-bond donors (Lipinski definition) is 1. The fourth-order valence-corrected chi connectivity index (χ4v) is 3.66. The molecule has 0 aliphatic heterocycles. The Balaban J connectivity index is 1.96. The highest BCUT2D eigenvalue weighted by Gasteiger charge is 2.26. The van der Waals surface area contributed by atoms with E-state index in [-0.39, 0.29) is 6.04 Å². The molecule has 2 aromatic rings. The molecule has 2 nitrogen and oxygen atoms in total. The first kappa shape index (κ1) is 14.4. The average molecular weight is 283 g/mol. The molecule has 1 fully saturated rings. The van der Waals surface area contributed by atoms with Gasteiger partial charge in [-0.3, -0.25) is 0 Å². The lowest BCUT2D eigenvalue weighted by atomic mass is 9.77. The van der Waals surface area contributed by atoms with Crippen molar-refractivity contribution in [2.45, 2.75) is 38.6 Å². The lowest BCUT2D eigenvalue weighted by molar-refractivity contribution is 0.257. The molecule has 0 spiro atoms. The van der Waals surface area contributed by atoms with Crippen LogP contribution in [0.2, 0.25) is 0 Å². The fraction of sp³-hybridized carbons (Fsp3) is 0.474. The van der Waals surface area contributed by atoms with Gasteiger partial charge in [-0.15, -0.1) is 0 Å². The lowest BCUT2D eigenvalue weighted by Gasteiger charge is -2.31. The van der Waals surface area contributed by atoms with E-state index in [4.69, 9.17) is 10.5 Å². The van der Waals surface area contributed by atoms with Crippen LogP contribution in [0.15, 0.2) is 36.4 Å². The van der Waals surface area contributed by atoms with Crippen molar-refractivity contribution >= 4 is 10.8 Å². The number of methoxy groups -OCH3 is 1. The zero-order chi connectivity index (χ0) is 14.8. The molecule has 112 valence electrons. The predicted octanol–water partition coefficient (Wildman–Crippen LogP) is 4.67. The van der Waals surface area contributed by atoms with E-state index in [0.29, 0.717) is 5.92 Å². The summed E-state index contributed by atoms with van der Waals surface area (Å²) in [4.78, 5) is 0. The maximum Gasteiger partial charge on any atom is 0.126 e. The topological polar surface area (TPSA) is 35.2 Å². The first-order valence-corrected chi connectivity index (χ1v) is 8.02. The van der Waals surface area contributed by atoms with Crippen LogP contribution in [0.25, 0.3) is 10.8 Å². The van der Waals surface area contributed by atoms with Gasteiger partial charge in [-0.1, -0.05) is 50.1 Å². The zero-order valence-electron chi connectivity index (χ0n) is 13.0. The highest BCUT2D eigenvalue weighted by molar-refractivity contribution is 5.91. The van der Waals surface area contributed by atoms with Gasteiger partial charge >= 0.3 is 0 Å². The van der Waals surface area contributed by atoms with Crippen LogP contribution >= 0.6 is 0 Å². The van der Waals surface area contributed by atoms with Crippen molar-refractivity contribution in [3.8, 4) is 5.75 Å². The second kappa shape index (κ2) is 6.07. The van der Waals surface area contributed by atoms with Gasteiger partial charge in [0.25, 0.3) is 0 Å². The van der Waals surface area contributed by atoms with E-state index >= 15 is 0 Å². The molecule has 0 aromatic heterocycles. The summed E-state index contributed by atoms with van der Waals surface area (Å²) in [6, 6.07) is 12.8. The molecule has 2 heteroatoms. The molecule has 0 saturated heterocycles. The Morgan fingerprint density at radius 2 is 1.67 bits per heavy atom. The number of rotatable bonds is 3. The van der Waals surface area contributed by atoms with Crippen molar-refractivity contribution in [2.75, 3.05) is 7.11 Å². The van der Waals surface area contributed by atoms with Gasteiger partial charge in [0.15, 0.2) is 0 Å². The Morgan fingerprint density at radius 3 is 2.33 bits per heavy atom. The maximum absolute atomic E-state index is 6.63. The molecular formula is C19H25NO. The molecule has 0 heterocycles. The molecule has 1 atom stereocenters. The summed E-state index contributed by atoms with van der Waals surface area (Å²) in [5.41, 5.74) is 7.90. The summed E-state index contributed by atoms with van der Waals surface area (Å²) in [6.07, 6.45) is 5.13. The fourth-order valence-electron chi connectivity index (χ4n) is 3.66. The number of hydrogen-bond acceptors (Lipinski definition) is 2. The molecule has 1 aliphatic carbocycles. The van der Waals surface area contributed by atoms with Crippen LogP contribution < -0.4 is 10.5 Å². The second-order valence-corrected chi connectivity index (χ2v) is 6.45. The van der Waals surface area contributed by atoms with Crippen LogP contribution in [0.4, 0.5) is 0 Å². The van der Waals surface area contributed by atoms with Crippen molar-refractivity contribution < 1.29 is 4.74 Å². The van der Waals surface area contributed by atoms with Gasteiger partial charge in [0.2, 0.25) is 0 Å². The number of ether oxygens (including phenoxy) is 1. The van der Waals surface area contributed by atoms with Crippen LogP contribution in [0.3, 0.4) is 0 Å². The van der Waals surface area contributed by atoms with Crippen molar-refractivity contribution in [2.24, 2.45) is 17.6 Å². The summed E-state index contributed by atoms with van der Waals surface area (Å²) in [6.45, 7) is 2.35. The van der Waals surface area contributed by atoms with Crippen LogP contribution in [0.5, 0.6) is 5.75 Å². The molecule has 3 rings (SSSR count). The summed E-state index contributed by atoms with van der Waals surface area (Å²) in [7, 11) is 1.73. The minimum atomic E-state index is 0.133. The third-order valence-electron chi connectivity index (χ3n) is 5.07. The maximum atomic E-state index is 6.63. The minimum Gasteiger partial charge on any atom is -0.496 e. The number of nitrogens with two attached hydrogens (primary N) is 1. The highest BCUT2D eigenvalue weighted by atomic mass is 16.5. The predicted molar refractivity (Wildman–Crippen MR) is 88.6 cm³/mol. The number of fused-ring (bicyclic) bond motifs is 1. The molecule has 2 N–H and O–H groups in total. The van der Waals surface area contributed by atoms with Gasteiger partial charge in [-0.25, -0.2) is 0 Å². The number of benzene rings is 2. The van der Waals surface area contributed by atoms with Crippen LogP contribution in [-0.4, -0.2) is 7.11 Å². The SMILES string of the molecule is COc1ccc(C(N)C2CCC(C)CC2)c2ccccc12. The molecule has 21 heavy (non-hydrogen) atoms. The summed E-state index contributed by atoms with van der Waals surface area (Å²) in [5, 5.41) is 2.40. The second-order valence-electron chi connectivity index (χ2n) is 6.45. The van der Waals surface area contributed by atoms with Gasteiger partial charge in [0, 0.05) is 11.4 Å². The van der Waals surface area contributed by atoms with Crippen molar-refractivity contribution in [3.05, 3.63) is 42.0 Å². The van der Waals surface area contributed by atoms with Crippen LogP contribution in [0, 0.1) is 11.8 Å². The molecule has 0 radical (unpaired) electrons. The Kier molecular flexibility index (Phi) is 4.16. The van der Waals surface area contributed by atoms with E-state index in [0.717, 1.165) is 17.1 Å². The molecule has 2 aromatic carbocycles. The van der Waals surface area contributed by atoms with Crippen LogP contribution in [0.1, 0.15) is 44.2 Å². The normalized spacial score (nSPS) is 24.0. The Hall–Kier alpha value is -1.54. The molecular weight excluding hydrogens is 258 g/mol. The van der Waals surface area contributed by atoms with Gasteiger partial charge in [-0.05, 0) is 41.7 Å². The lowest BCUT2D eigenvalue weighted by Crippen LogP contribution is -2.25. The highest BCUT2D eigenvalue weighted by Crippen LogP contribution is 2.39. The van der Waals surface area contributed by atoms with Gasteiger partial charge in [-0.2, -0.15) is 0 Å². The Labute approximate surface area is 127 Å². The minimum absolute atomic E-state index is 0.133. The van der Waals surface area contributed by atoms with Crippen molar-refractivity contribution in [3.63, 3.8) is 0 Å². The van der Waals surface area contributed by atoms with E-state index in [9.17, 15) is 0 Å². The first-order chi connectivity index (χ1) is 10.2. The quantitative estimate of drug-likeness (QED) is 0.888. The first-order valence-electron chi connectivity index (χ1n) is 8.02. The summed E-state index contributed by atoms with van der Waals surface area (Å²) in [5.74, 6) is 2.40. The standard InChI is InChI=1S/C19H25NO/c1-13-7-9-14(10-8-13)19(20)17-11-12-18(21-2)16-6-4-3-5-15(16)17/h3-6,11-14,19H,7-10,20H2,1-2H3. The van der Waals surface area contributed by atoms with Crippen LogP contribution in [-0.2, 0) is 0 Å². The van der Waals surface area contributed by atoms with E-state index in [1.54, 1.807) is 7.11 Å². The largest absolute Gasteiger partial charge is 0.496 e. The van der Waals surface area contributed by atoms with E-state index in [1.165, 1.54) is 36.6 Å². The molecule has 0 bridgehead atoms. The Bertz CT molecular complexity index is 614. The van der Waals surface area contributed by atoms with Crippen molar-refractivity contribution in [1.29, 1.82) is 0 Å². The smallest absolute Gasteiger partial charge is 0.126 e. The van der Waals surface area contributed by atoms with Gasteiger partial charge in [0.05, 0.1) is 7.11 Å². The molecule has 1 unspecified atom stereocenters. The molecule has 0 amide bonds. The van der Waals surface area contributed by atoms with E-state index in [2.05, 4.69) is 43.3 Å². The summed E-state index contributed by atoms with van der Waals surface area (Å²) >= 11 is 0. The Morgan fingerprint density at radius 1 is 1.00 bits per heavy atom. The van der Waals surface area contributed by atoms with Gasteiger partial charge < -0.3 is 10.5 Å². The zero-order valence-corrected chi connectivity index (χ0v) is 13.0. The monoisotopic (exact) mass is 283 g/mol. The average Bonchev–Trinajstić information content (AvgIpc) is 2.54. The third-order valence-corrected chi connectivity index (χ3v) is 5.07. The molecule has 1 saturated carbocycles. The van der Waals surface area contributed by atoms with Gasteiger partial charge in [0.1, 0.15) is 5.75 Å². The van der Waals surface area contributed by atoms with Crippen molar-refractivity contribution in [1.82, 2.24) is 0 Å². The van der Waals surface area contributed by atoms with E-state index in [1.807, 2.05) is 0 Å². The summed E-state index contributed by atoms with van der Waals surface area (Å²) < 4.78 is 5.48. The molecule has 1 aliphatic rings.